The highest BCUT2D eigenvalue weighted by Crippen LogP contribution is 2.09. The van der Waals surface area contributed by atoms with Gasteiger partial charge in [0.25, 0.3) is 5.91 Å². The van der Waals surface area contributed by atoms with Gasteiger partial charge in [-0.05, 0) is 30.6 Å². The summed E-state index contributed by atoms with van der Waals surface area (Å²) in [6, 6.07) is 8.64. The van der Waals surface area contributed by atoms with Crippen LogP contribution in [0.2, 0.25) is 0 Å². The Balaban J connectivity index is 1.86. The molecule has 0 saturated carbocycles. The van der Waals surface area contributed by atoms with Crippen molar-refractivity contribution in [2.45, 2.75) is 12.5 Å². The molecule has 2 rings (SSSR count). The van der Waals surface area contributed by atoms with Gasteiger partial charge in [0.15, 0.2) is 6.61 Å². The van der Waals surface area contributed by atoms with Gasteiger partial charge in [0.2, 0.25) is 5.91 Å². The maximum absolute atomic E-state index is 12.6. The van der Waals surface area contributed by atoms with Gasteiger partial charge >= 0.3 is 0 Å². The Bertz CT molecular complexity index is 521. The van der Waals surface area contributed by atoms with Crippen molar-refractivity contribution in [3.8, 4) is 5.75 Å². The van der Waals surface area contributed by atoms with E-state index in [-0.39, 0.29) is 18.4 Å². The zero-order valence-corrected chi connectivity index (χ0v) is 14.7. The Labute approximate surface area is 146 Å². The fourth-order valence-corrected chi connectivity index (χ4v) is 2.87. The summed E-state index contributed by atoms with van der Waals surface area (Å²) >= 11 is 1.65. The standard InChI is InChI=1S/C17H24N2O4S/c1-24-12-7-15(17(21)19-8-10-22-11-9-19)18-16(20)13-23-14-5-3-2-4-6-14/h2-6,15H,7-13H2,1H3,(H,18,20)/t15-/m0/s1. The van der Waals surface area contributed by atoms with Gasteiger partial charge in [0, 0.05) is 13.1 Å². The predicted molar refractivity (Wildman–Crippen MR) is 94.3 cm³/mol. The number of benzene rings is 1. The van der Waals surface area contributed by atoms with E-state index < -0.39 is 6.04 Å². The number of carbonyl (C=O) groups is 2. The Morgan fingerprint density at radius 3 is 2.67 bits per heavy atom. The number of carbonyl (C=O) groups excluding carboxylic acids is 2. The molecule has 0 radical (unpaired) electrons. The smallest absolute Gasteiger partial charge is 0.258 e. The molecule has 0 unspecified atom stereocenters. The number of thioether (sulfide) groups is 1. The second-order valence-electron chi connectivity index (χ2n) is 5.44. The van der Waals surface area contributed by atoms with Gasteiger partial charge < -0.3 is 19.7 Å². The SMILES string of the molecule is CSCC[C@H](NC(=O)COc1ccccc1)C(=O)N1CCOCC1. The molecule has 132 valence electrons. The Morgan fingerprint density at radius 1 is 1.29 bits per heavy atom. The quantitative estimate of drug-likeness (QED) is 0.760. The van der Waals surface area contributed by atoms with E-state index in [0.717, 1.165) is 5.75 Å². The van der Waals surface area contributed by atoms with Crippen LogP contribution < -0.4 is 10.1 Å². The minimum atomic E-state index is -0.512. The summed E-state index contributed by atoms with van der Waals surface area (Å²) in [5, 5.41) is 2.81. The molecule has 0 spiro atoms. The highest BCUT2D eigenvalue weighted by atomic mass is 32.2. The second kappa shape index (κ2) is 10.2. The second-order valence-corrected chi connectivity index (χ2v) is 6.43. The van der Waals surface area contributed by atoms with E-state index in [2.05, 4.69) is 5.32 Å². The average Bonchev–Trinajstić information content (AvgIpc) is 2.64. The first kappa shape index (κ1) is 18.6. The van der Waals surface area contributed by atoms with Gasteiger partial charge in [-0.2, -0.15) is 11.8 Å². The molecule has 1 fully saturated rings. The molecule has 1 N–H and O–H groups in total. The number of hydrogen-bond acceptors (Lipinski definition) is 5. The Kier molecular flexibility index (Phi) is 7.91. The minimum Gasteiger partial charge on any atom is -0.484 e. The number of amides is 2. The van der Waals surface area contributed by atoms with Crippen LogP contribution in [0.1, 0.15) is 6.42 Å². The van der Waals surface area contributed by atoms with Gasteiger partial charge in [-0.25, -0.2) is 0 Å². The van der Waals surface area contributed by atoms with Crippen LogP contribution in [0.3, 0.4) is 0 Å². The molecular weight excluding hydrogens is 328 g/mol. The average molecular weight is 352 g/mol. The van der Waals surface area contributed by atoms with Crippen molar-refractivity contribution in [2.75, 3.05) is 44.9 Å². The van der Waals surface area contributed by atoms with Gasteiger partial charge in [-0.1, -0.05) is 18.2 Å². The van der Waals surface area contributed by atoms with Crippen LogP contribution >= 0.6 is 11.8 Å². The highest BCUT2D eigenvalue weighted by molar-refractivity contribution is 7.98. The minimum absolute atomic E-state index is 0.0413. The third-order valence-electron chi connectivity index (χ3n) is 3.68. The van der Waals surface area contributed by atoms with E-state index in [4.69, 9.17) is 9.47 Å². The van der Waals surface area contributed by atoms with Crippen LogP contribution in [-0.4, -0.2) is 67.7 Å². The van der Waals surface area contributed by atoms with Gasteiger partial charge in [0.1, 0.15) is 11.8 Å². The van der Waals surface area contributed by atoms with E-state index in [9.17, 15) is 9.59 Å². The van der Waals surface area contributed by atoms with Gasteiger partial charge in [-0.15, -0.1) is 0 Å². The van der Waals surface area contributed by atoms with E-state index in [1.54, 1.807) is 28.8 Å². The molecular formula is C17H24N2O4S. The molecule has 2 amide bonds. The number of nitrogens with zero attached hydrogens (tertiary/aromatic N) is 1. The first-order valence-electron chi connectivity index (χ1n) is 8.03. The lowest BCUT2D eigenvalue weighted by atomic mass is 10.2. The predicted octanol–water partition coefficient (Wildman–Crippen LogP) is 1.16. The molecule has 1 aliphatic heterocycles. The molecule has 1 atom stereocenters. The fourth-order valence-electron chi connectivity index (χ4n) is 2.40. The molecule has 0 bridgehead atoms. The third-order valence-corrected chi connectivity index (χ3v) is 4.32. The number of hydrogen-bond donors (Lipinski definition) is 1. The van der Waals surface area contributed by atoms with Gasteiger partial charge in [-0.3, -0.25) is 9.59 Å². The first-order valence-corrected chi connectivity index (χ1v) is 9.43. The molecule has 1 heterocycles. The summed E-state index contributed by atoms with van der Waals surface area (Å²) in [6.07, 6.45) is 2.59. The molecule has 0 aromatic heterocycles. The first-order chi connectivity index (χ1) is 11.7. The lowest BCUT2D eigenvalue weighted by Gasteiger charge is -2.30. The number of para-hydroxylation sites is 1. The van der Waals surface area contributed by atoms with Crippen molar-refractivity contribution in [1.29, 1.82) is 0 Å². The molecule has 1 aliphatic rings. The van der Waals surface area contributed by atoms with E-state index >= 15 is 0 Å². The number of rotatable bonds is 8. The number of nitrogens with one attached hydrogen (secondary N) is 1. The fraction of sp³-hybridized carbons (Fsp3) is 0.529. The van der Waals surface area contributed by atoms with Crippen molar-refractivity contribution in [2.24, 2.45) is 0 Å². The van der Waals surface area contributed by atoms with Crippen LogP contribution in [0.5, 0.6) is 5.75 Å². The summed E-state index contributed by atoms with van der Waals surface area (Å²) in [4.78, 5) is 26.5. The topological polar surface area (TPSA) is 67.9 Å². The summed E-state index contributed by atoms with van der Waals surface area (Å²) in [5.74, 6) is 1.11. The highest BCUT2D eigenvalue weighted by Gasteiger charge is 2.26. The molecule has 7 heteroatoms. The zero-order chi connectivity index (χ0) is 17.2. The molecule has 6 nitrogen and oxygen atoms in total. The van der Waals surface area contributed by atoms with Gasteiger partial charge in [0.05, 0.1) is 13.2 Å². The van der Waals surface area contributed by atoms with Crippen molar-refractivity contribution < 1.29 is 19.1 Å². The van der Waals surface area contributed by atoms with E-state index in [0.29, 0.717) is 38.5 Å². The largest absolute Gasteiger partial charge is 0.484 e. The maximum Gasteiger partial charge on any atom is 0.258 e. The van der Waals surface area contributed by atoms with Crippen molar-refractivity contribution in [3.63, 3.8) is 0 Å². The number of ether oxygens (including phenoxy) is 2. The maximum atomic E-state index is 12.6. The monoisotopic (exact) mass is 352 g/mol. The van der Waals surface area contributed by atoms with Crippen LogP contribution in [0.15, 0.2) is 30.3 Å². The molecule has 1 saturated heterocycles. The van der Waals surface area contributed by atoms with Crippen LogP contribution in [0.25, 0.3) is 0 Å². The Morgan fingerprint density at radius 2 is 2.00 bits per heavy atom. The van der Waals surface area contributed by atoms with Crippen LogP contribution in [0, 0.1) is 0 Å². The zero-order valence-electron chi connectivity index (χ0n) is 13.9. The Hall–Kier alpha value is -1.73. The van der Waals surface area contributed by atoms with Crippen molar-refractivity contribution in [1.82, 2.24) is 10.2 Å². The molecule has 1 aromatic rings. The molecule has 24 heavy (non-hydrogen) atoms. The summed E-state index contributed by atoms with van der Waals surface area (Å²) in [5.41, 5.74) is 0. The lowest BCUT2D eigenvalue weighted by molar-refractivity contribution is -0.140. The number of morpholine rings is 1. The summed E-state index contributed by atoms with van der Waals surface area (Å²) in [6.45, 7) is 2.14. The van der Waals surface area contributed by atoms with Crippen molar-refractivity contribution in [3.05, 3.63) is 30.3 Å². The van der Waals surface area contributed by atoms with E-state index in [1.165, 1.54) is 0 Å². The van der Waals surface area contributed by atoms with E-state index in [1.807, 2.05) is 24.5 Å². The molecule has 1 aromatic carbocycles. The lowest BCUT2D eigenvalue weighted by Crippen LogP contribution is -2.52. The third kappa shape index (κ3) is 6.05. The van der Waals surface area contributed by atoms with Crippen LogP contribution in [-0.2, 0) is 14.3 Å². The van der Waals surface area contributed by atoms with Crippen LogP contribution in [0.4, 0.5) is 0 Å². The van der Waals surface area contributed by atoms with Crippen molar-refractivity contribution >= 4 is 23.6 Å². The summed E-state index contributed by atoms with van der Waals surface area (Å²) in [7, 11) is 0. The molecule has 0 aliphatic carbocycles. The summed E-state index contributed by atoms with van der Waals surface area (Å²) < 4.78 is 10.7. The normalized spacial score (nSPS) is 15.6.